The Labute approximate surface area is 96.8 Å². The third-order valence-electron chi connectivity index (χ3n) is 1.74. The molecule has 15 heavy (non-hydrogen) atoms. The van der Waals surface area contributed by atoms with Gasteiger partial charge in [-0.3, -0.25) is 4.79 Å². The molecule has 82 valence electrons. The fourth-order valence-corrected chi connectivity index (χ4v) is 2.15. The zero-order chi connectivity index (χ0) is 11.4. The maximum atomic E-state index is 12.8. The van der Waals surface area contributed by atoms with Crippen molar-refractivity contribution in [2.24, 2.45) is 0 Å². The second-order valence-corrected chi connectivity index (χ2v) is 4.68. The van der Waals surface area contributed by atoms with Gasteiger partial charge >= 0.3 is 5.97 Å². The second-order valence-electron chi connectivity index (χ2n) is 2.86. The van der Waals surface area contributed by atoms with Crippen LogP contribution in [-0.2, 0) is 9.53 Å². The molecule has 2 nitrogen and oxygen atoms in total. The third-order valence-corrected chi connectivity index (χ3v) is 3.10. The molecular formula is C10H10ClFO2S. The van der Waals surface area contributed by atoms with Crippen LogP contribution >= 0.6 is 23.4 Å². The molecule has 1 atom stereocenters. The van der Waals surface area contributed by atoms with E-state index in [-0.39, 0.29) is 16.2 Å². The molecule has 0 spiro atoms. The highest BCUT2D eigenvalue weighted by Crippen LogP contribution is 2.27. The molecule has 1 rings (SSSR count). The predicted molar refractivity (Wildman–Crippen MR) is 58.7 cm³/mol. The van der Waals surface area contributed by atoms with Crippen LogP contribution < -0.4 is 0 Å². The average Bonchev–Trinajstić information content (AvgIpc) is 2.22. The minimum atomic E-state index is -0.466. The molecule has 1 aromatic rings. The largest absolute Gasteiger partial charge is 0.468 e. The van der Waals surface area contributed by atoms with Crippen LogP contribution in [0.25, 0.3) is 0 Å². The lowest BCUT2D eigenvalue weighted by Gasteiger charge is -2.08. The van der Waals surface area contributed by atoms with E-state index in [4.69, 9.17) is 11.6 Å². The molecule has 0 radical (unpaired) electrons. The first-order valence-corrected chi connectivity index (χ1v) is 5.50. The first-order valence-electron chi connectivity index (χ1n) is 4.24. The van der Waals surface area contributed by atoms with E-state index in [0.29, 0.717) is 0 Å². The number of methoxy groups -OCH3 is 1. The van der Waals surface area contributed by atoms with Crippen LogP contribution in [0.4, 0.5) is 4.39 Å². The number of ether oxygens (including phenoxy) is 1. The predicted octanol–water partition coefficient (Wildman–Crippen LogP) is 3.13. The summed E-state index contributed by atoms with van der Waals surface area (Å²) < 4.78 is 17.4. The minimum Gasteiger partial charge on any atom is -0.468 e. The van der Waals surface area contributed by atoms with Crippen LogP contribution in [0.3, 0.4) is 0 Å². The molecule has 0 aromatic heterocycles. The summed E-state index contributed by atoms with van der Waals surface area (Å²) in [5, 5.41) is -0.284. The number of thioether (sulfide) groups is 1. The molecule has 5 heteroatoms. The highest BCUT2D eigenvalue weighted by molar-refractivity contribution is 8.00. The Morgan fingerprint density at radius 2 is 2.27 bits per heavy atom. The first-order chi connectivity index (χ1) is 7.04. The lowest BCUT2D eigenvalue weighted by Crippen LogP contribution is -2.14. The Morgan fingerprint density at radius 1 is 1.60 bits per heavy atom. The number of benzene rings is 1. The fourth-order valence-electron chi connectivity index (χ4n) is 0.968. The van der Waals surface area contributed by atoms with Crippen molar-refractivity contribution in [2.75, 3.05) is 7.11 Å². The highest BCUT2D eigenvalue weighted by atomic mass is 35.5. The Balaban J connectivity index is 2.73. The van der Waals surface area contributed by atoms with Gasteiger partial charge in [0.05, 0.1) is 12.1 Å². The van der Waals surface area contributed by atoms with Gasteiger partial charge < -0.3 is 4.74 Å². The van der Waals surface area contributed by atoms with E-state index in [2.05, 4.69) is 4.74 Å². The van der Waals surface area contributed by atoms with Crippen molar-refractivity contribution in [3.8, 4) is 0 Å². The molecule has 0 heterocycles. The van der Waals surface area contributed by atoms with Crippen molar-refractivity contribution < 1.29 is 13.9 Å². The topological polar surface area (TPSA) is 26.3 Å². The fraction of sp³-hybridized carbons (Fsp3) is 0.300. The molecule has 0 aliphatic heterocycles. The highest BCUT2D eigenvalue weighted by Gasteiger charge is 2.14. The van der Waals surface area contributed by atoms with Crippen molar-refractivity contribution in [3.05, 3.63) is 29.0 Å². The van der Waals surface area contributed by atoms with Crippen LogP contribution in [0, 0.1) is 5.82 Å². The van der Waals surface area contributed by atoms with E-state index >= 15 is 0 Å². The summed E-state index contributed by atoms with van der Waals surface area (Å²) in [6, 6.07) is 4.33. The Morgan fingerprint density at radius 3 is 2.80 bits per heavy atom. The van der Waals surface area contributed by atoms with E-state index in [1.807, 2.05) is 0 Å². The van der Waals surface area contributed by atoms with E-state index in [9.17, 15) is 9.18 Å². The van der Waals surface area contributed by atoms with E-state index in [1.165, 1.54) is 31.0 Å². The van der Waals surface area contributed by atoms with Crippen molar-refractivity contribution in [1.29, 1.82) is 0 Å². The van der Waals surface area contributed by atoms with E-state index in [0.717, 1.165) is 4.90 Å². The molecule has 0 aliphatic rings. The van der Waals surface area contributed by atoms with E-state index in [1.54, 1.807) is 13.0 Å². The number of rotatable bonds is 3. The molecule has 0 amide bonds. The molecule has 0 saturated heterocycles. The van der Waals surface area contributed by atoms with Gasteiger partial charge in [0.25, 0.3) is 0 Å². The quantitative estimate of drug-likeness (QED) is 0.607. The number of hydrogen-bond donors (Lipinski definition) is 0. The molecular weight excluding hydrogens is 239 g/mol. The van der Waals surface area contributed by atoms with Crippen molar-refractivity contribution in [2.45, 2.75) is 17.1 Å². The number of carbonyl (C=O) groups excluding carboxylic acids is 1. The van der Waals surface area contributed by atoms with Crippen molar-refractivity contribution in [3.63, 3.8) is 0 Å². The summed E-state index contributed by atoms with van der Waals surface area (Å²) in [5.41, 5.74) is 0. The Hall–Kier alpha value is -0.740. The lowest BCUT2D eigenvalue weighted by atomic mass is 10.3. The SMILES string of the molecule is COC(=O)C(C)Sc1ccc(F)c(Cl)c1. The lowest BCUT2D eigenvalue weighted by molar-refractivity contribution is -0.139. The number of hydrogen-bond acceptors (Lipinski definition) is 3. The van der Waals surface area contributed by atoms with Crippen molar-refractivity contribution >= 4 is 29.3 Å². The summed E-state index contributed by atoms with van der Waals surface area (Å²) in [6.07, 6.45) is 0. The summed E-state index contributed by atoms with van der Waals surface area (Å²) in [7, 11) is 1.33. The molecule has 1 aromatic carbocycles. The standard InChI is InChI=1S/C10H10ClFO2S/c1-6(10(13)14-2)15-7-3-4-9(12)8(11)5-7/h3-6H,1-2H3. The monoisotopic (exact) mass is 248 g/mol. The molecule has 0 saturated carbocycles. The van der Waals surface area contributed by atoms with Crippen LogP contribution in [0.1, 0.15) is 6.92 Å². The van der Waals surface area contributed by atoms with Gasteiger partial charge in [-0.15, -0.1) is 11.8 Å². The van der Waals surface area contributed by atoms with Gasteiger partial charge in [-0.1, -0.05) is 11.6 Å². The maximum Gasteiger partial charge on any atom is 0.318 e. The van der Waals surface area contributed by atoms with Gasteiger partial charge in [0, 0.05) is 4.90 Å². The van der Waals surface area contributed by atoms with Crippen LogP contribution in [0.5, 0.6) is 0 Å². The smallest absolute Gasteiger partial charge is 0.318 e. The molecule has 0 fully saturated rings. The van der Waals surface area contributed by atoms with Gasteiger partial charge in [0.15, 0.2) is 0 Å². The van der Waals surface area contributed by atoms with Gasteiger partial charge in [-0.25, -0.2) is 4.39 Å². The van der Waals surface area contributed by atoms with Crippen LogP contribution in [-0.4, -0.2) is 18.3 Å². The van der Waals surface area contributed by atoms with Gasteiger partial charge in [-0.05, 0) is 25.1 Å². The summed E-state index contributed by atoms with van der Waals surface area (Å²) in [6.45, 7) is 1.72. The summed E-state index contributed by atoms with van der Waals surface area (Å²) in [4.78, 5) is 11.9. The Bertz CT molecular complexity index is 370. The van der Waals surface area contributed by atoms with Crippen LogP contribution in [0.15, 0.2) is 23.1 Å². The third kappa shape index (κ3) is 3.39. The molecule has 1 unspecified atom stereocenters. The minimum absolute atomic E-state index is 0.0528. The van der Waals surface area contributed by atoms with Crippen molar-refractivity contribution in [1.82, 2.24) is 0 Å². The zero-order valence-electron chi connectivity index (χ0n) is 8.29. The van der Waals surface area contributed by atoms with Gasteiger partial charge in [0.2, 0.25) is 0 Å². The average molecular weight is 249 g/mol. The molecule has 0 aliphatic carbocycles. The number of esters is 1. The molecule has 0 bridgehead atoms. The zero-order valence-corrected chi connectivity index (χ0v) is 9.86. The van der Waals surface area contributed by atoms with Crippen LogP contribution in [0.2, 0.25) is 5.02 Å². The first kappa shape index (κ1) is 12.3. The van der Waals surface area contributed by atoms with Gasteiger partial charge in [-0.2, -0.15) is 0 Å². The molecule has 0 N–H and O–H groups in total. The maximum absolute atomic E-state index is 12.8. The normalized spacial score (nSPS) is 12.3. The Kier molecular flexibility index (Phi) is 4.42. The number of halogens is 2. The van der Waals surface area contributed by atoms with E-state index < -0.39 is 5.82 Å². The summed E-state index contributed by atoms with van der Waals surface area (Å²) >= 11 is 6.88. The van der Waals surface area contributed by atoms with Gasteiger partial charge in [0.1, 0.15) is 11.1 Å². The number of carbonyl (C=O) groups is 1. The summed E-state index contributed by atoms with van der Waals surface area (Å²) in [5.74, 6) is -0.785. The second kappa shape index (κ2) is 5.37.